The summed E-state index contributed by atoms with van der Waals surface area (Å²) in [5.41, 5.74) is 2.43. The zero-order valence-corrected chi connectivity index (χ0v) is 10.9. The molecular weight excluding hydrogens is 210 g/mol. The molecule has 1 aromatic heterocycles. The number of nitrogens with one attached hydrogen (secondary N) is 1. The van der Waals surface area contributed by atoms with Crippen molar-refractivity contribution >= 4 is 0 Å². The van der Waals surface area contributed by atoms with Crippen LogP contribution in [0.15, 0.2) is 18.3 Å². The molecule has 1 fully saturated rings. The SMILES string of the molecule is Cc1ccc(CN2CCCNCC(C)C2)cn1. The second-order valence-corrected chi connectivity index (χ2v) is 5.21. The molecule has 2 rings (SSSR count). The summed E-state index contributed by atoms with van der Waals surface area (Å²) in [6, 6.07) is 4.30. The summed E-state index contributed by atoms with van der Waals surface area (Å²) >= 11 is 0. The van der Waals surface area contributed by atoms with Gasteiger partial charge >= 0.3 is 0 Å². The molecule has 1 aliphatic heterocycles. The van der Waals surface area contributed by atoms with Crippen LogP contribution in [0, 0.1) is 12.8 Å². The summed E-state index contributed by atoms with van der Waals surface area (Å²) in [7, 11) is 0. The number of aromatic nitrogens is 1. The van der Waals surface area contributed by atoms with Gasteiger partial charge < -0.3 is 5.32 Å². The molecule has 0 spiro atoms. The van der Waals surface area contributed by atoms with E-state index in [0.717, 1.165) is 31.2 Å². The van der Waals surface area contributed by atoms with Crippen molar-refractivity contribution in [3.05, 3.63) is 29.6 Å². The van der Waals surface area contributed by atoms with E-state index in [0.29, 0.717) is 0 Å². The van der Waals surface area contributed by atoms with Crippen molar-refractivity contribution in [1.29, 1.82) is 0 Å². The third-order valence-electron chi connectivity index (χ3n) is 3.27. The number of nitrogens with zero attached hydrogens (tertiary/aromatic N) is 2. The van der Waals surface area contributed by atoms with Gasteiger partial charge in [0.25, 0.3) is 0 Å². The lowest BCUT2D eigenvalue weighted by Crippen LogP contribution is -2.38. The van der Waals surface area contributed by atoms with Crippen molar-refractivity contribution in [2.45, 2.75) is 26.8 Å². The Hall–Kier alpha value is -0.930. The lowest BCUT2D eigenvalue weighted by atomic mass is 10.1. The van der Waals surface area contributed by atoms with E-state index in [-0.39, 0.29) is 0 Å². The Balaban J connectivity index is 1.93. The van der Waals surface area contributed by atoms with E-state index in [1.54, 1.807) is 0 Å². The van der Waals surface area contributed by atoms with Gasteiger partial charge in [-0.3, -0.25) is 9.88 Å². The molecule has 1 aromatic rings. The highest BCUT2D eigenvalue weighted by Crippen LogP contribution is 2.09. The van der Waals surface area contributed by atoms with Gasteiger partial charge in [-0.2, -0.15) is 0 Å². The minimum Gasteiger partial charge on any atom is -0.316 e. The minimum absolute atomic E-state index is 0.730. The average Bonchev–Trinajstić information content (AvgIpc) is 2.28. The standard InChI is InChI=1S/C14H23N3/c1-12-8-15-6-3-7-17(10-12)11-14-5-4-13(2)16-9-14/h4-5,9,12,15H,3,6-8,10-11H2,1-2H3. The molecule has 1 unspecified atom stereocenters. The summed E-state index contributed by atoms with van der Waals surface area (Å²) in [6.45, 7) is 10.0. The summed E-state index contributed by atoms with van der Waals surface area (Å²) in [4.78, 5) is 6.92. The lowest BCUT2D eigenvalue weighted by Gasteiger charge is -2.28. The van der Waals surface area contributed by atoms with Crippen molar-refractivity contribution in [3.63, 3.8) is 0 Å². The van der Waals surface area contributed by atoms with Crippen LogP contribution >= 0.6 is 0 Å². The molecule has 3 nitrogen and oxygen atoms in total. The maximum absolute atomic E-state index is 4.37. The first kappa shape index (κ1) is 12.5. The smallest absolute Gasteiger partial charge is 0.0372 e. The monoisotopic (exact) mass is 233 g/mol. The van der Waals surface area contributed by atoms with Crippen LogP contribution < -0.4 is 5.32 Å². The molecule has 1 aliphatic rings. The van der Waals surface area contributed by atoms with Crippen LogP contribution in [0.4, 0.5) is 0 Å². The Bertz CT molecular complexity index is 334. The van der Waals surface area contributed by atoms with E-state index in [1.165, 1.54) is 25.1 Å². The Morgan fingerprint density at radius 1 is 1.47 bits per heavy atom. The van der Waals surface area contributed by atoms with Crippen LogP contribution in [0.25, 0.3) is 0 Å². The molecule has 94 valence electrons. The zero-order valence-electron chi connectivity index (χ0n) is 10.9. The molecular formula is C14H23N3. The first-order valence-corrected chi connectivity index (χ1v) is 6.58. The van der Waals surface area contributed by atoms with Crippen LogP contribution in [0.5, 0.6) is 0 Å². The Labute approximate surface area is 104 Å². The van der Waals surface area contributed by atoms with Gasteiger partial charge in [0.05, 0.1) is 0 Å². The quantitative estimate of drug-likeness (QED) is 0.844. The predicted molar refractivity (Wildman–Crippen MR) is 70.9 cm³/mol. The highest BCUT2D eigenvalue weighted by atomic mass is 15.1. The van der Waals surface area contributed by atoms with E-state index in [2.05, 4.69) is 34.3 Å². The van der Waals surface area contributed by atoms with Crippen molar-refractivity contribution < 1.29 is 0 Å². The summed E-state index contributed by atoms with van der Waals surface area (Å²) in [6.07, 6.45) is 3.25. The third kappa shape index (κ3) is 4.10. The number of rotatable bonds is 2. The molecule has 0 amide bonds. The number of hydrogen-bond acceptors (Lipinski definition) is 3. The Morgan fingerprint density at radius 2 is 2.35 bits per heavy atom. The Morgan fingerprint density at radius 3 is 3.12 bits per heavy atom. The molecule has 0 aromatic carbocycles. The highest BCUT2D eigenvalue weighted by Gasteiger charge is 2.13. The van der Waals surface area contributed by atoms with Crippen LogP contribution in [0.2, 0.25) is 0 Å². The molecule has 1 atom stereocenters. The van der Waals surface area contributed by atoms with E-state index in [1.807, 2.05) is 13.1 Å². The first-order valence-electron chi connectivity index (χ1n) is 6.58. The minimum atomic E-state index is 0.730. The second kappa shape index (κ2) is 6.12. The fraction of sp³-hybridized carbons (Fsp3) is 0.643. The van der Waals surface area contributed by atoms with E-state index >= 15 is 0 Å². The van der Waals surface area contributed by atoms with Gasteiger partial charge in [0.1, 0.15) is 0 Å². The fourth-order valence-electron chi connectivity index (χ4n) is 2.37. The highest BCUT2D eigenvalue weighted by molar-refractivity contribution is 5.12. The van der Waals surface area contributed by atoms with Crippen molar-refractivity contribution in [2.75, 3.05) is 26.2 Å². The molecule has 1 N–H and O–H groups in total. The molecule has 17 heavy (non-hydrogen) atoms. The summed E-state index contributed by atoms with van der Waals surface area (Å²) < 4.78 is 0. The molecule has 0 saturated carbocycles. The maximum Gasteiger partial charge on any atom is 0.0372 e. The van der Waals surface area contributed by atoms with Crippen LogP contribution in [-0.4, -0.2) is 36.1 Å². The van der Waals surface area contributed by atoms with Gasteiger partial charge in [-0.15, -0.1) is 0 Å². The molecule has 0 radical (unpaired) electrons. The van der Waals surface area contributed by atoms with Crippen molar-refractivity contribution in [3.8, 4) is 0 Å². The Kier molecular flexibility index (Phi) is 4.51. The van der Waals surface area contributed by atoms with Crippen LogP contribution in [0.1, 0.15) is 24.6 Å². The summed E-state index contributed by atoms with van der Waals surface area (Å²) in [5, 5.41) is 3.49. The molecule has 3 heteroatoms. The van der Waals surface area contributed by atoms with E-state index in [9.17, 15) is 0 Å². The lowest BCUT2D eigenvalue weighted by molar-refractivity contribution is 0.209. The van der Waals surface area contributed by atoms with Gasteiger partial charge in [-0.25, -0.2) is 0 Å². The molecule has 1 saturated heterocycles. The molecule has 2 heterocycles. The van der Waals surface area contributed by atoms with E-state index < -0.39 is 0 Å². The number of pyridine rings is 1. The topological polar surface area (TPSA) is 28.2 Å². The van der Waals surface area contributed by atoms with Gasteiger partial charge in [-0.1, -0.05) is 13.0 Å². The molecule has 0 aliphatic carbocycles. The molecule has 0 bridgehead atoms. The second-order valence-electron chi connectivity index (χ2n) is 5.21. The first-order chi connectivity index (χ1) is 8.24. The third-order valence-corrected chi connectivity index (χ3v) is 3.27. The van der Waals surface area contributed by atoms with Crippen LogP contribution in [-0.2, 0) is 6.54 Å². The predicted octanol–water partition coefficient (Wildman–Crippen LogP) is 1.82. The number of aryl methyl sites for hydroxylation is 1. The normalized spacial score (nSPS) is 23.1. The zero-order chi connectivity index (χ0) is 12.1. The van der Waals surface area contributed by atoms with Gasteiger partial charge in [0.2, 0.25) is 0 Å². The van der Waals surface area contributed by atoms with Crippen molar-refractivity contribution in [2.24, 2.45) is 5.92 Å². The maximum atomic E-state index is 4.37. The summed E-state index contributed by atoms with van der Waals surface area (Å²) in [5.74, 6) is 0.730. The van der Waals surface area contributed by atoms with Crippen molar-refractivity contribution in [1.82, 2.24) is 15.2 Å². The van der Waals surface area contributed by atoms with Gasteiger partial charge in [-0.05, 0) is 50.5 Å². The number of hydrogen-bond donors (Lipinski definition) is 1. The fourth-order valence-corrected chi connectivity index (χ4v) is 2.37. The van der Waals surface area contributed by atoms with Gasteiger partial charge in [0.15, 0.2) is 0 Å². The van der Waals surface area contributed by atoms with Crippen LogP contribution in [0.3, 0.4) is 0 Å². The average molecular weight is 233 g/mol. The largest absolute Gasteiger partial charge is 0.316 e. The van der Waals surface area contributed by atoms with E-state index in [4.69, 9.17) is 0 Å². The van der Waals surface area contributed by atoms with Gasteiger partial charge in [0, 0.05) is 25.0 Å².